The monoisotopic (exact) mass is 280 g/mol. The number of amides is 1. The summed E-state index contributed by atoms with van der Waals surface area (Å²) in [4.78, 5) is 18.4. The number of nitrogens with zero attached hydrogens (tertiary/aromatic N) is 1. The fourth-order valence-corrected chi connectivity index (χ4v) is 3.14. The van der Waals surface area contributed by atoms with E-state index in [1.54, 1.807) is 22.7 Å². The van der Waals surface area contributed by atoms with Crippen LogP contribution in [0, 0.1) is 0 Å². The molecule has 0 aliphatic rings. The van der Waals surface area contributed by atoms with E-state index in [9.17, 15) is 4.79 Å². The van der Waals surface area contributed by atoms with Gasteiger partial charge < -0.3 is 5.32 Å². The van der Waals surface area contributed by atoms with Crippen LogP contribution in [0.2, 0.25) is 0 Å². The molecule has 18 heavy (non-hydrogen) atoms. The minimum atomic E-state index is 0.0877. The summed E-state index contributed by atoms with van der Waals surface area (Å²) in [5, 5.41) is 6.02. The van der Waals surface area contributed by atoms with Gasteiger partial charge in [-0.15, -0.1) is 22.7 Å². The Hall–Kier alpha value is -1.20. The van der Waals surface area contributed by atoms with Crippen LogP contribution in [0.4, 0.5) is 0 Å². The average molecular weight is 280 g/mol. The molecule has 0 atom stereocenters. The molecule has 0 radical (unpaired) electrons. The Morgan fingerprint density at radius 2 is 2.33 bits per heavy atom. The number of rotatable bonds is 6. The van der Waals surface area contributed by atoms with Gasteiger partial charge in [-0.05, 0) is 17.9 Å². The fraction of sp³-hybridized carbons (Fsp3) is 0.385. The Labute approximate surface area is 115 Å². The Balaban J connectivity index is 1.70. The Bertz CT molecular complexity index is 491. The second-order valence-electron chi connectivity index (χ2n) is 3.93. The number of aryl methyl sites for hydroxylation is 1. The molecular weight excluding hydrogens is 264 g/mol. The Kier molecular flexibility index (Phi) is 4.90. The predicted octanol–water partition coefficient (Wildman–Crippen LogP) is 2.67. The molecular formula is C13H16N2OS2. The topological polar surface area (TPSA) is 42.0 Å². The lowest BCUT2D eigenvalue weighted by Gasteiger charge is -2.02. The van der Waals surface area contributed by atoms with Crippen LogP contribution in [-0.2, 0) is 24.1 Å². The van der Waals surface area contributed by atoms with Crippen LogP contribution in [0.15, 0.2) is 23.7 Å². The number of thiazole rings is 1. The van der Waals surface area contributed by atoms with Crippen molar-refractivity contribution in [1.82, 2.24) is 10.3 Å². The quantitative estimate of drug-likeness (QED) is 0.884. The highest BCUT2D eigenvalue weighted by molar-refractivity contribution is 7.11. The highest BCUT2D eigenvalue weighted by Crippen LogP contribution is 2.13. The maximum atomic E-state index is 11.6. The molecule has 96 valence electrons. The van der Waals surface area contributed by atoms with E-state index >= 15 is 0 Å². The third-order valence-corrected chi connectivity index (χ3v) is 4.60. The normalized spacial score (nSPS) is 10.5. The van der Waals surface area contributed by atoms with Crippen molar-refractivity contribution in [2.75, 3.05) is 6.54 Å². The smallest absolute Gasteiger partial charge is 0.225 e. The standard InChI is InChI=1S/C13H16N2OS2/c1-2-10-9-15-13(18-10)5-6-14-12(16)8-11-4-3-7-17-11/h3-4,7,9H,2,5-6,8H2,1H3,(H,14,16). The summed E-state index contributed by atoms with van der Waals surface area (Å²) < 4.78 is 0. The Morgan fingerprint density at radius 3 is 3.00 bits per heavy atom. The molecule has 1 N–H and O–H groups in total. The van der Waals surface area contributed by atoms with Crippen LogP contribution in [0.3, 0.4) is 0 Å². The first-order valence-electron chi connectivity index (χ1n) is 6.00. The molecule has 0 saturated heterocycles. The molecule has 3 nitrogen and oxygen atoms in total. The first-order chi connectivity index (χ1) is 8.78. The molecule has 0 spiro atoms. The van der Waals surface area contributed by atoms with E-state index < -0.39 is 0 Å². The van der Waals surface area contributed by atoms with Gasteiger partial charge in [0.05, 0.1) is 11.4 Å². The van der Waals surface area contributed by atoms with Gasteiger partial charge in [-0.25, -0.2) is 4.98 Å². The predicted molar refractivity (Wildman–Crippen MR) is 76.2 cm³/mol. The highest BCUT2D eigenvalue weighted by atomic mass is 32.1. The summed E-state index contributed by atoms with van der Waals surface area (Å²) in [5.74, 6) is 0.0877. The molecule has 0 saturated carbocycles. The summed E-state index contributed by atoms with van der Waals surface area (Å²) >= 11 is 3.35. The van der Waals surface area contributed by atoms with Gasteiger partial charge in [0.15, 0.2) is 0 Å². The van der Waals surface area contributed by atoms with Crippen LogP contribution in [-0.4, -0.2) is 17.4 Å². The van der Waals surface area contributed by atoms with Crippen LogP contribution < -0.4 is 5.32 Å². The molecule has 2 aromatic heterocycles. The first-order valence-corrected chi connectivity index (χ1v) is 7.70. The van der Waals surface area contributed by atoms with Crippen molar-refractivity contribution in [3.63, 3.8) is 0 Å². The average Bonchev–Trinajstić information content (AvgIpc) is 3.00. The minimum absolute atomic E-state index is 0.0877. The molecule has 2 heterocycles. The van der Waals surface area contributed by atoms with Gasteiger partial charge in [-0.2, -0.15) is 0 Å². The van der Waals surface area contributed by atoms with Crippen molar-refractivity contribution in [2.45, 2.75) is 26.2 Å². The van der Waals surface area contributed by atoms with E-state index in [2.05, 4.69) is 17.2 Å². The van der Waals surface area contributed by atoms with E-state index in [1.807, 2.05) is 23.7 Å². The number of carbonyl (C=O) groups excluding carboxylic acids is 1. The maximum Gasteiger partial charge on any atom is 0.225 e. The largest absolute Gasteiger partial charge is 0.355 e. The molecule has 0 aliphatic heterocycles. The van der Waals surface area contributed by atoms with E-state index in [4.69, 9.17) is 0 Å². The van der Waals surface area contributed by atoms with E-state index in [0.717, 1.165) is 22.7 Å². The number of hydrogen-bond acceptors (Lipinski definition) is 4. The van der Waals surface area contributed by atoms with Gasteiger partial charge in [0.2, 0.25) is 5.91 Å². The van der Waals surface area contributed by atoms with Crippen LogP contribution in [0.5, 0.6) is 0 Å². The molecule has 2 aromatic rings. The molecule has 2 rings (SSSR count). The van der Waals surface area contributed by atoms with Crippen molar-refractivity contribution < 1.29 is 4.79 Å². The van der Waals surface area contributed by atoms with E-state index in [-0.39, 0.29) is 5.91 Å². The summed E-state index contributed by atoms with van der Waals surface area (Å²) in [5.41, 5.74) is 0. The van der Waals surface area contributed by atoms with Gasteiger partial charge in [-0.3, -0.25) is 4.79 Å². The number of carbonyl (C=O) groups is 1. The fourth-order valence-electron chi connectivity index (χ4n) is 1.57. The molecule has 0 unspecified atom stereocenters. The zero-order valence-electron chi connectivity index (χ0n) is 10.3. The van der Waals surface area contributed by atoms with Gasteiger partial charge >= 0.3 is 0 Å². The number of nitrogens with one attached hydrogen (secondary N) is 1. The van der Waals surface area contributed by atoms with E-state index in [1.165, 1.54) is 4.88 Å². The van der Waals surface area contributed by atoms with Crippen LogP contribution >= 0.6 is 22.7 Å². The van der Waals surface area contributed by atoms with Crippen molar-refractivity contribution >= 4 is 28.6 Å². The summed E-state index contributed by atoms with van der Waals surface area (Å²) in [7, 11) is 0. The van der Waals surface area contributed by atoms with Crippen LogP contribution in [0.1, 0.15) is 21.7 Å². The van der Waals surface area contributed by atoms with Gasteiger partial charge in [-0.1, -0.05) is 13.0 Å². The second kappa shape index (κ2) is 6.66. The molecule has 0 aliphatic carbocycles. The minimum Gasteiger partial charge on any atom is -0.355 e. The second-order valence-corrected chi connectivity index (χ2v) is 6.16. The van der Waals surface area contributed by atoms with Gasteiger partial charge in [0, 0.05) is 28.9 Å². The maximum absolute atomic E-state index is 11.6. The molecule has 0 bridgehead atoms. The van der Waals surface area contributed by atoms with Crippen LogP contribution in [0.25, 0.3) is 0 Å². The SMILES string of the molecule is CCc1cnc(CCNC(=O)Cc2cccs2)s1. The summed E-state index contributed by atoms with van der Waals surface area (Å²) in [6.45, 7) is 2.79. The molecule has 1 amide bonds. The number of aromatic nitrogens is 1. The van der Waals surface area contributed by atoms with Crippen molar-refractivity contribution in [1.29, 1.82) is 0 Å². The Morgan fingerprint density at radius 1 is 1.44 bits per heavy atom. The number of thiophene rings is 1. The lowest BCUT2D eigenvalue weighted by Crippen LogP contribution is -2.26. The molecule has 0 fully saturated rings. The highest BCUT2D eigenvalue weighted by Gasteiger charge is 2.05. The first kappa shape index (κ1) is 13.2. The zero-order chi connectivity index (χ0) is 12.8. The molecule has 0 aromatic carbocycles. The lowest BCUT2D eigenvalue weighted by molar-refractivity contribution is -0.120. The van der Waals surface area contributed by atoms with Gasteiger partial charge in [0.1, 0.15) is 0 Å². The molecule has 5 heteroatoms. The number of hydrogen-bond donors (Lipinski definition) is 1. The summed E-state index contributed by atoms with van der Waals surface area (Å²) in [6, 6.07) is 3.95. The summed E-state index contributed by atoms with van der Waals surface area (Å²) in [6.07, 6.45) is 4.26. The lowest BCUT2D eigenvalue weighted by atomic mass is 10.3. The van der Waals surface area contributed by atoms with Crippen molar-refractivity contribution in [2.24, 2.45) is 0 Å². The third kappa shape index (κ3) is 3.92. The van der Waals surface area contributed by atoms with Crippen molar-refractivity contribution in [3.05, 3.63) is 38.5 Å². The van der Waals surface area contributed by atoms with Crippen molar-refractivity contribution in [3.8, 4) is 0 Å². The third-order valence-electron chi connectivity index (χ3n) is 2.53. The van der Waals surface area contributed by atoms with Gasteiger partial charge in [0.25, 0.3) is 0 Å². The van der Waals surface area contributed by atoms with E-state index in [0.29, 0.717) is 13.0 Å². The zero-order valence-corrected chi connectivity index (χ0v) is 11.9.